The topological polar surface area (TPSA) is 66.0 Å². The van der Waals surface area contributed by atoms with Gasteiger partial charge in [0, 0.05) is 5.69 Å². The molecule has 0 unspecified atom stereocenters. The molecule has 0 aliphatic heterocycles. The number of hydrogen-bond acceptors (Lipinski definition) is 5. The molecule has 114 valence electrons. The number of benzene rings is 1. The van der Waals surface area contributed by atoms with Crippen molar-refractivity contribution in [2.24, 2.45) is 0 Å². The summed E-state index contributed by atoms with van der Waals surface area (Å²) in [4.78, 5) is 4.50. The molecule has 1 atom stereocenters. The summed E-state index contributed by atoms with van der Waals surface area (Å²) in [6.07, 6.45) is 0. The Kier molecular flexibility index (Phi) is 3.66. The lowest BCUT2D eigenvalue weighted by Crippen LogP contribution is -2.10. The largest absolute Gasteiger partial charge is 0.496 e. The highest BCUT2D eigenvalue weighted by atomic mass is 16.5. The lowest BCUT2D eigenvalue weighted by atomic mass is 10.2. The van der Waals surface area contributed by atoms with Gasteiger partial charge in [-0.05, 0) is 39.0 Å². The van der Waals surface area contributed by atoms with Gasteiger partial charge in [-0.2, -0.15) is 10.1 Å². The van der Waals surface area contributed by atoms with Gasteiger partial charge in [0.15, 0.2) is 0 Å². The molecule has 3 rings (SSSR count). The van der Waals surface area contributed by atoms with Gasteiger partial charge in [0.25, 0.3) is 5.89 Å². The van der Waals surface area contributed by atoms with E-state index < -0.39 is 0 Å². The molecule has 22 heavy (non-hydrogen) atoms. The third kappa shape index (κ3) is 2.47. The van der Waals surface area contributed by atoms with Crippen LogP contribution in [0.1, 0.15) is 30.2 Å². The molecule has 0 bridgehead atoms. The van der Waals surface area contributed by atoms with Crippen molar-refractivity contribution in [3.8, 4) is 17.1 Å². The zero-order valence-electron chi connectivity index (χ0n) is 13.1. The second-order valence-electron chi connectivity index (χ2n) is 5.20. The third-order valence-electron chi connectivity index (χ3n) is 3.56. The van der Waals surface area contributed by atoms with Gasteiger partial charge in [0.2, 0.25) is 5.82 Å². The van der Waals surface area contributed by atoms with Gasteiger partial charge in [-0.15, -0.1) is 0 Å². The number of hydrogen-bond donors (Lipinski definition) is 0. The van der Waals surface area contributed by atoms with Crippen molar-refractivity contribution in [3.05, 3.63) is 47.6 Å². The Morgan fingerprint density at radius 3 is 2.68 bits per heavy atom. The van der Waals surface area contributed by atoms with Crippen LogP contribution in [0.5, 0.6) is 5.75 Å². The molecule has 6 heteroatoms. The molecule has 6 nitrogen and oxygen atoms in total. The second kappa shape index (κ2) is 5.63. The Labute approximate surface area is 128 Å². The maximum Gasteiger partial charge on any atom is 0.251 e. The van der Waals surface area contributed by atoms with Crippen LogP contribution in [0.15, 0.2) is 34.9 Å². The summed E-state index contributed by atoms with van der Waals surface area (Å²) >= 11 is 0. The first kappa shape index (κ1) is 14.3. The van der Waals surface area contributed by atoms with Crippen LogP contribution < -0.4 is 4.74 Å². The molecule has 0 radical (unpaired) electrons. The maximum atomic E-state index is 5.42. The number of rotatable bonds is 4. The molecule has 0 spiro atoms. The van der Waals surface area contributed by atoms with E-state index in [0.29, 0.717) is 17.5 Å². The summed E-state index contributed by atoms with van der Waals surface area (Å²) in [6.45, 7) is 5.96. The number of aryl methyl sites for hydroxylation is 2. The highest BCUT2D eigenvalue weighted by Crippen LogP contribution is 2.28. The molecule has 2 aromatic heterocycles. The van der Waals surface area contributed by atoms with Gasteiger partial charge >= 0.3 is 0 Å². The minimum absolute atomic E-state index is 0.121. The van der Waals surface area contributed by atoms with Crippen molar-refractivity contribution in [3.63, 3.8) is 0 Å². The summed E-state index contributed by atoms with van der Waals surface area (Å²) in [6, 6.07) is 9.50. The van der Waals surface area contributed by atoms with Gasteiger partial charge in [0.05, 0.1) is 18.4 Å². The Hall–Kier alpha value is -2.63. The van der Waals surface area contributed by atoms with Crippen molar-refractivity contribution in [2.75, 3.05) is 7.11 Å². The van der Waals surface area contributed by atoms with Crippen LogP contribution in [0, 0.1) is 13.8 Å². The Morgan fingerprint density at radius 2 is 2.00 bits per heavy atom. The number of para-hydroxylation sites is 1. The summed E-state index contributed by atoms with van der Waals surface area (Å²) in [5, 5.41) is 8.54. The quantitative estimate of drug-likeness (QED) is 0.740. The van der Waals surface area contributed by atoms with E-state index in [2.05, 4.69) is 15.2 Å². The summed E-state index contributed by atoms with van der Waals surface area (Å²) in [7, 11) is 1.62. The number of aromatic nitrogens is 4. The van der Waals surface area contributed by atoms with E-state index in [1.165, 1.54) is 0 Å². The molecule has 3 aromatic rings. The van der Waals surface area contributed by atoms with Gasteiger partial charge < -0.3 is 9.26 Å². The van der Waals surface area contributed by atoms with Gasteiger partial charge in [0.1, 0.15) is 11.8 Å². The molecule has 0 saturated carbocycles. The SMILES string of the molecule is COc1ccccc1-c1noc([C@H](C)n2nc(C)cc2C)n1. The van der Waals surface area contributed by atoms with E-state index in [0.717, 1.165) is 17.0 Å². The van der Waals surface area contributed by atoms with Crippen molar-refractivity contribution >= 4 is 0 Å². The van der Waals surface area contributed by atoms with E-state index >= 15 is 0 Å². The van der Waals surface area contributed by atoms with Gasteiger partial charge in [-0.1, -0.05) is 17.3 Å². The van der Waals surface area contributed by atoms with Crippen molar-refractivity contribution in [1.29, 1.82) is 0 Å². The van der Waals surface area contributed by atoms with Crippen molar-refractivity contribution in [1.82, 2.24) is 19.9 Å². The molecule has 0 aliphatic carbocycles. The minimum Gasteiger partial charge on any atom is -0.496 e. The zero-order chi connectivity index (χ0) is 15.7. The van der Waals surface area contributed by atoms with E-state index in [-0.39, 0.29) is 6.04 Å². The minimum atomic E-state index is -0.121. The van der Waals surface area contributed by atoms with Crippen LogP contribution in [0.2, 0.25) is 0 Å². The highest BCUT2D eigenvalue weighted by molar-refractivity contribution is 5.63. The molecule has 0 saturated heterocycles. The predicted molar refractivity (Wildman–Crippen MR) is 81.8 cm³/mol. The molecule has 0 amide bonds. The van der Waals surface area contributed by atoms with Crippen molar-refractivity contribution in [2.45, 2.75) is 26.8 Å². The van der Waals surface area contributed by atoms with Gasteiger partial charge in [-0.3, -0.25) is 4.68 Å². The third-order valence-corrected chi connectivity index (χ3v) is 3.56. The normalized spacial score (nSPS) is 12.4. The Morgan fingerprint density at radius 1 is 1.23 bits per heavy atom. The Bertz CT molecular complexity index is 791. The number of ether oxygens (including phenoxy) is 1. The second-order valence-corrected chi connectivity index (χ2v) is 5.20. The van der Waals surface area contributed by atoms with Crippen LogP contribution in [-0.2, 0) is 0 Å². The molecule has 0 fully saturated rings. The van der Waals surface area contributed by atoms with E-state index in [1.54, 1.807) is 7.11 Å². The highest BCUT2D eigenvalue weighted by Gasteiger charge is 2.20. The average molecular weight is 298 g/mol. The Balaban J connectivity index is 1.95. The fraction of sp³-hybridized carbons (Fsp3) is 0.312. The molecular weight excluding hydrogens is 280 g/mol. The van der Waals surface area contributed by atoms with Crippen LogP contribution in [0.4, 0.5) is 0 Å². The van der Waals surface area contributed by atoms with E-state index in [1.807, 2.05) is 55.8 Å². The van der Waals surface area contributed by atoms with E-state index in [9.17, 15) is 0 Å². The lowest BCUT2D eigenvalue weighted by molar-refractivity contribution is 0.334. The first-order chi connectivity index (χ1) is 10.6. The van der Waals surface area contributed by atoms with Crippen LogP contribution in [0.3, 0.4) is 0 Å². The van der Waals surface area contributed by atoms with Crippen LogP contribution in [-0.4, -0.2) is 27.0 Å². The first-order valence-corrected chi connectivity index (χ1v) is 7.10. The molecule has 0 N–H and O–H groups in total. The molecular formula is C16H18N4O2. The predicted octanol–water partition coefficient (Wildman–Crippen LogP) is 3.17. The zero-order valence-corrected chi connectivity index (χ0v) is 13.1. The van der Waals surface area contributed by atoms with Gasteiger partial charge in [-0.25, -0.2) is 0 Å². The smallest absolute Gasteiger partial charge is 0.251 e. The van der Waals surface area contributed by atoms with Crippen LogP contribution in [0.25, 0.3) is 11.4 Å². The summed E-state index contributed by atoms with van der Waals surface area (Å²) in [5.74, 6) is 1.75. The maximum absolute atomic E-state index is 5.42. The fourth-order valence-corrected chi connectivity index (χ4v) is 2.49. The summed E-state index contributed by atoms with van der Waals surface area (Å²) in [5.41, 5.74) is 2.83. The summed E-state index contributed by atoms with van der Waals surface area (Å²) < 4.78 is 12.6. The van der Waals surface area contributed by atoms with Crippen molar-refractivity contribution < 1.29 is 9.26 Å². The average Bonchev–Trinajstić information content (AvgIpc) is 3.13. The molecule has 2 heterocycles. The number of nitrogens with zero attached hydrogens (tertiary/aromatic N) is 4. The lowest BCUT2D eigenvalue weighted by Gasteiger charge is -2.09. The monoisotopic (exact) mass is 298 g/mol. The van der Waals surface area contributed by atoms with Crippen LogP contribution >= 0.6 is 0 Å². The molecule has 0 aliphatic rings. The molecule has 1 aromatic carbocycles. The number of methoxy groups -OCH3 is 1. The first-order valence-electron chi connectivity index (χ1n) is 7.10. The fourth-order valence-electron chi connectivity index (χ4n) is 2.49. The van der Waals surface area contributed by atoms with E-state index in [4.69, 9.17) is 9.26 Å². The standard InChI is InChI=1S/C16H18N4O2/c1-10-9-11(2)20(18-10)12(3)16-17-15(19-22-16)13-7-5-6-8-14(13)21-4/h5-9,12H,1-4H3/t12-/m0/s1.